The first-order chi connectivity index (χ1) is 4.79. The molecule has 1 atom stereocenters. The second-order valence-corrected chi connectivity index (χ2v) is 3.66. The van der Waals surface area contributed by atoms with E-state index in [4.69, 9.17) is 0 Å². The minimum Gasteiger partial charge on any atom is -0.342 e. The van der Waals surface area contributed by atoms with Crippen molar-refractivity contribution >= 4 is 18.5 Å². The molecule has 3 saturated heterocycles. The van der Waals surface area contributed by atoms with E-state index in [0.717, 1.165) is 13.1 Å². The van der Waals surface area contributed by atoms with E-state index in [2.05, 4.69) is 12.6 Å². The Morgan fingerprint density at radius 1 is 1.40 bits per heavy atom. The van der Waals surface area contributed by atoms with Crippen molar-refractivity contribution in [1.29, 1.82) is 0 Å². The van der Waals surface area contributed by atoms with Crippen LogP contribution in [0.15, 0.2) is 0 Å². The van der Waals surface area contributed by atoms with Crippen molar-refractivity contribution < 1.29 is 4.79 Å². The van der Waals surface area contributed by atoms with Gasteiger partial charge in [-0.25, -0.2) is 0 Å². The van der Waals surface area contributed by atoms with Crippen molar-refractivity contribution in [1.82, 2.24) is 4.90 Å². The molecule has 3 fully saturated rings. The lowest BCUT2D eigenvalue weighted by molar-refractivity contribution is -0.137. The summed E-state index contributed by atoms with van der Waals surface area (Å²) < 4.78 is 0. The summed E-state index contributed by atoms with van der Waals surface area (Å²) in [5.74, 6) is 0.826. The van der Waals surface area contributed by atoms with Crippen molar-refractivity contribution in [2.75, 3.05) is 13.1 Å². The molecule has 3 aliphatic rings. The van der Waals surface area contributed by atoms with E-state index in [0.29, 0.717) is 5.92 Å². The minimum absolute atomic E-state index is 0.0162. The standard InChI is InChI=1S/C7H11NOS/c9-7-6(10)5-1-3-8(7)4-2-5/h5-6,10H,1-4H2. The highest BCUT2D eigenvalue weighted by Crippen LogP contribution is 2.31. The highest BCUT2D eigenvalue weighted by atomic mass is 32.1. The second kappa shape index (κ2) is 2.16. The molecule has 2 nitrogen and oxygen atoms in total. The van der Waals surface area contributed by atoms with Gasteiger partial charge in [0.25, 0.3) is 0 Å². The Balaban J connectivity index is 2.20. The van der Waals surface area contributed by atoms with Gasteiger partial charge in [0.05, 0.1) is 5.25 Å². The highest BCUT2D eigenvalue weighted by Gasteiger charge is 2.38. The smallest absolute Gasteiger partial charge is 0.235 e. The highest BCUT2D eigenvalue weighted by molar-refractivity contribution is 7.81. The predicted octanol–water partition coefficient (Wildman–Crippen LogP) is 0.537. The Morgan fingerprint density at radius 3 is 2.30 bits per heavy atom. The molecule has 0 radical (unpaired) electrons. The third kappa shape index (κ3) is 0.764. The SMILES string of the molecule is O=C1C(S)C2CCN1CC2. The van der Waals surface area contributed by atoms with Crippen molar-refractivity contribution in [3.8, 4) is 0 Å². The van der Waals surface area contributed by atoms with Gasteiger partial charge in [-0.3, -0.25) is 4.79 Å². The number of hydrogen-bond donors (Lipinski definition) is 1. The summed E-state index contributed by atoms with van der Waals surface area (Å²) in [5, 5.41) is 0.0162. The third-order valence-corrected chi connectivity index (χ3v) is 3.19. The molecule has 0 aliphatic carbocycles. The van der Waals surface area contributed by atoms with Gasteiger partial charge in [0, 0.05) is 13.1 Å². The first-order valence-corrected chi connectivity index (χ1v) is 4.27. The van der Waals surface area contributed by atoms with E-state index >= 15 is 0 Å². The molecule has 3 heterocycles. The molecule has 0 N–H and O–H groups in total. The van der Waals surface area contributed by atoms with Gasteiger partial charge < -0.3 is 4.90 Å². The van der Waals surface area contributed by atoms with Crippen molar-refractivity contribution in [2.24, 2.45) is 5.92 Å². The zero-order chi connectivity index (χ0) is 7.14. The van der Waals surface area contributed by atoms with Crippen LogP contribution in [0.25, 0.3) is 0 Å². The molecule has 0 aromatic rings. The van der Waals surface area contributed by atoms with E-state index in [1.165, 1.54) is 12.8 Å². The fourth-order valence-corrected chi connectivity index (χ4v) is 2.29. The number of hydrogen-bond acceptors (Lipinski definition) is 2. The number of amides is 1. The van der Waals surface area contributed by atoms with Gasteiger partial charge in [-0.15, -0.1) is 0 Å². The van der Waals surface area contributed by atoms with Crippen LogP contribution in [0.4, 0.5) is 0 Å². The van der Waals surface area contributed by atoms with Gasteiger partial charge in [0.1, 0.15) is 0 Å². The van der Waals surface area contributed by atoms with E-state index in [-0.39, 0.29) is 11.2 Å². The normalized spacial score (nSPS) is 38.9. The molecule has 0 saturated carbocycles. The molecule has 0 aromatic heterocycles. The van der Waals surface area contributed by atoms with Crippen LogP contribution in [-0.2, 0) is 4.79 Å². The largest absolute Gasteiger partial charge is 0.342 e. The molecule has 3 aliphatic heterocycles. The Morgan fingerprint density at radius 2 is 2.00 bits per heavy atom. The fraction of sp³-hybridized carbons (Fsp3) is 0.857. The van der Waals surface area contributed by atoms with Gasteiger partial charge in [-0.05, 0) is 18.8 Å². The van der Waals surface area contributed by atoms with Gasteiger partial charge in [0.2, 0.25) is 5.91 Å². The summed E-state index contributed by atoms with van der Waals surface area (Å²) in [5.41, 5.74) is 0. The van der Waals surface area contributed by atoms with Gasteiger partial charge in [-0.2, -0.15) is 12.6 Å². The average Bonchev–Trinajstić information content (AvgIpc) is 2.00. The van der Waals surface area contributed by atoms with Crippen LogP contribution in [0.3, 0.4) is 0 Å². The number of thiol groups is 1. The fourth-order valence-electron chi connectivity index (χ4n) is 1.82. The molecule has 1 unspecified atom stereocenters. The maximum absolute atomic E-state index is 11.2. The molecule has 0 aromatic carbocycles. The van der Waals surface area contributed by atoms with Crippen LogP contribution in [0.1, 0.15) is 12.8 Å². The molecular weight excluding hydrogens is 146 g/mol. The van der Waals surface area contributed by atoms with Gasteiger partial charge in [0.15, 0.2) is 0 Å². The Labute approximate surface area is 66.0 Å². The quantitative estimate of drug-likeness (QED) is 0.509. The van der Waals surface area contributed by atoms with E-state index in [1.54, 1.807) is 0 Å². The number of carbonyl (C=O) groups is 1. The minimum atomic E-state index is 0.0162. The molecule has 2 bridgehead atoms. The maximum Gasteiger partial charge on any atom is 0.235 e. The number of fused-ring (bicyclic) bond motifs is 3. The van der Waals surface area contributed by atoms with Crippen molar-refractivity contribution in [3.63, 3.8) is 0 Å². The van der Waals surface area contributed by atoms with Gasteiger partial charge in [-0.1, -0.05) is 0 Å². The lowest BCUT2D eigenvalue weighted by atomic mass is 9.87. The Kier molecular flexibility index (Phi) is 1.41. The number of rotatable bonds is 0. The third-order valence-electron chi connectivity index (χ3n) is 2.55. The zero-order valence-electron chi connectivity index (χ0n) is 5.79. The monoisotopic (exact) mass is 157 g/mol. The lowest BCUT2D eigenvalue weighted by Gasteiger charge is -2.42. The summed E-state index contributed by atoms with van der Waals surface area (Å²) in [7, 11) is 0. The molecule has 3 heteroatoms. The summed E-state index contributed by atoms with van der Waals surface area (Å²) >= 11 is 4.27. The lowest BCUT2D eigenvalue weighted by Crippen LogP contribution is -2.52. The molecule has 10 heavy (non-hydrogen) atoms. The summed E-state index contributed by atoms with van der Waals surface area (Å²) in [6.45, 7) is 1.95. The van der Waals surface area contributed by atoms with Crippen LogP contribution in [0, 0.1) is 5.92 Å². The Hall–Kier alpha value is -0.180. The van der Waals surface area contributed by atoms with Crippen LogP contribution in [-0.4, -0.2) is 29.1 Å². The molecule has 56 valence electrons. The van der Waals surface area contributed by atoms with Crippen molar-refractivity contribution in [3.05, 3.63) is 0 Å². The van der Waals surface area contributed by atoms with Crippen molar-refractivity contribution in [2.45, 2.75) is 18.1 Å². The van der Waals surface area contributed by atoms with E-state index in [9.17, 15) is 4.79 Å². The van der Waals surface area contributed by atoms with Crippen LogP contribution >= 0.6 is 12.6 Å². The van der Waals surface area contributed by atoms with Crippen LogP contribution in [0.5, 0.6) is 0 Å². The second-order valence-electron chi connectivity index (χ2n) is 3.11. The average molecular weight is 157 g/mol. The van der Waals surface area contributed by atoms with E-state index in [1.807, 2.05) is 4.90 Å². The van der Waals surface area contributed by atoms with Crippen LogP contribution < -0.4 is 0 Å². The summed E-state index contributed by atoms with van der Waals surface area (Å²) in [4.78, 5) is 13.2. The topological polar surface area (TPSA) is 20.3 Å². The first-order valence-electron chi connectivity index (χ1n) is 3.76. The molecule has 1 amide bonds. The predicted molar refractivity (Wildman–Crippen MR) is 42.1 cm³/mol. The number of carbonyl (C=O) groups excluding carboxylic acids is 1. The Bertz CT molecular complexity index is 159. The number of piperidine rings is 3. The summed E-state index contributed by atoms with van der Waals surface area (Å²) in [6, 6.07) is 0. The molecule has 0 spiro atoms. The van der Waals surface area contributed by atoms with Gasteiger partial charge >= 0.3 is 0 Å². The number of nitrogens with zero attached hydrogens (tertiary/aromatic N) is 1. The molecular formula is C7H11NOS. The summed E-state index contributed by atoms with van der Waals surface area (Å²) in [6.07, 6.45) is 2.33. The molecule has 3 rings (SSSR count). The van der Waals surface area contributed by atoms with Crippen LogP contribution in [0.2, 0.25) is 0 Å². The maximum atomic E-state index is 11.2. The first kappa shape index (κ1) is 6.53. The zero-order valence-corrected chi connectivity index (χ0v) is 6.68. The van der Waals surface area contributed by atoms with E-state index < -0.39 is 0 Å².